The van der Waals surface area contributed by atoms with E-state index in [9.17, 15) is 23.3 Å². The Balaban J connectivity index is 1.79. The smallest absolute Gasteiger partial charge is 0.268 e. The highest BCUT2D eigenvalue weighted by Gasteiger charge is 2.34. The maximum Gasteiger partial charge on any atom is 0.433 e. The van der Waals surface area contributed by atoms with Gasteiger partial charge in [0, 0.05) is 5.39 Å². The van der Waals surface area contributed by atoms with Gasteiger partial charge in [0.15, 0.2) is 11.3 Å². The average molecular weight is 420 g/mol. The van der Waals surface area contributed by atoms with E-state index in [4.69, 9.17) is 0 Å². The van der Waals surface area contributed by atoms with Gasteiger partial charge in [-0.2, -0.15) is 18.3 Å². The van der Waals surface area contributed by atoms with E-state index < -0.39 is 16.8 Å². The molecule has 0 unspecified atom stereocenters. The van der Waals surface area contributed by atoms with Gasteiger partial charge in [-0.15, -0.1) is 16.4 Å². The van der Waals surface area contributed by atoms with Crippen LogP contribution in [-0.4, -0.2) is 39.7 Å². The van der Waals surface area contributed by atoms with Gasteiger partial charge in [-0.25, -0.2) is 19.5 Å². The minimum Gasteiger partial charge on any atom is -0.268 e. The van der Waals surface area contributed by atoms with Gasteiger partial charge < -0.3 is 0 Å². The number of aromatic amines is 1. The fraction of sp³-hybridized carbons (Fsp3) is 0.133. The van der Waals surface area contributed by atoms with Crippen LogP contribution < -0.4 is 0 Å². The molecule has 0 aromatic carbocycles. The molecule has 14 heteroatoms. The van der Waals surface area contributed by atoms with Crippen molar-refractivity contribution >= 4 is 43.1 Å². The normalized spacial score (nSPS) is 12.4. The molecule has 0 aliphatic rings. The summed E-state index contributed by atoms with van der Waals surface area (Å²) in [6.07, 6.45) is -2.18. The van der Waals surface area contributed by atoms with Crippen LogP contribution in [0.15, 0.2) is 18.6 Å². The quantitative estimate of drug-likeness (QED) is 0.342. The van der Waals surface area contributed by atoms with Crippen LogP contribution >= 0.6 is 11.3 Å². The Morgan fingerprint density at radius 3 is 2.83 bits per heavy atom. The van der Waals surface area contributed by atoms with Gasteiger partial charge >= 0.3 is 11.9 Å². The summed E-state index contributed by atoms with van der Waals surface area (Å²) < 4.78 is 41.1. The number of nitrogens with zero attached hydrogens (tertiary/aromatic N) is 7. The van der Waals surface area contributed by atoms with Crippen LogP contribution in [0.5, 0.6) is 0 Å². The molecule has 0 saturated carbocycles. The predicted octanol–water partition coefficient (Wildman–Crippen LogP) is 3.51. The van der Waals surface area contributed by atoms with Crippen molar-refractivity contribution in [2.75, 3.05) is 0 Å². The molecule has 5 heterocycles. The Hall–Kier alpha value is -3.68. The van der Waals surface area contributed by atoms with Crippen LogP contribution in [0.4, 0.5) is 18.9 Å². The lowest BCUT2D eigenvalue weighted by Crippen LogP contribution is -2.07. The van der Waals surface area contributed by atoms with Gasteiger partial charge in [0.25, 0.3) is 0 Å². The number of pyridine rings is 1. The maximum absolute atomic E-state index is 13.1. The number of nitrogens with one attached hydrogen (secondary N) is 1. The molecule has 0 atom stereocenters. The number of thiophene rings is 1. The van der Waals surface area contributed by atoms with Crippen molar-refractivity contribution in [1.82, 2.24) is 34.8 Å². The zero-order chi connectivity index (χ0) is 20.5. The molecule has 0 aliphatic heterocycles. The van der Waals surface area contributed by atoms with Crippen LogP contribution in [0.1, 0.15) is 11.3 Å². The van der Waals surface area contributed by atoms with E-state index in [-0.39, 0.29) is 22.0 Å². The fourth-order valence-electron chi connectivity index (χ4n) is 3.04. The highest BCUT2D eigenvalue weighted by molar-refractivity contribution is 7.26. The molecule has 0 spiro atoms. The van der Waals surface area contributed by atoms with Gasteiger partial charge in [0.1, 0.15) is 27.7 Å². The molecule has 5 aromatic rings. The lowest BCUT2D eigenvalue weighted by atomic mass is 10.1. The number of fused-ring (bicyclic) bond motifs is 5. The molecule has 0 aliphatic carbocycles. The lowest BCUT2D eigenvalue weighted by Gasteiger charge is -2.06. The van der Waals surface area contributed by atoms with Crippen molar-refractivity contribution in [2.24, 2.45) is 0 Å². The predicted molar refractivity (Wildman–Crippen MR) is 95.4 cm³/mol. The largest absolute Gasteiger partial charge is 0.433 e. The van der Waals surface area contributed by atoms with Crippen LogP contribution in [0.2, 0.25) is 0 Å². The van der Waals surface area contributed by atoms with Crippen LogP contribution in [0, 0.1) is 17.0 Å². The number of hydrogen-bond donors (Lipinski definition) is 1. The van der Waals surface area contributed by atoms with Crippen molar-refractivity contribution in [2.45, 2.75) is 13.1 Å². The standard InChI is InChI=1S/C15H7F3N8O2S/c1-5-2-7(15(16,17)18)21-14-8(5)10-11(29-14)13-22-12(24-25(13)4-19-10)9-6(26(27)28)3-20-23-9/h2-4H,1H3,(H,20,23). The summed E-state index contributed by atoms with van der Waals surface area (Å²) in [6, 6.07) is 0.976. The minimum absolute atomic E-state index is 0.0154. The number of aromatic nitrogens is 7. The summed E-state index contributed by atoms with van der Waals surface area (Å²) in [7, 11) is 0. The number of halogens is 3. The van der Waals surface area contributed by atoms with E-state index in [0.717, 1.165) is 23.6 Å². The summed E-state index contributed by atoms with van der Waals surface area (Å²) in [5.41, 5.74) is -0.149. The van der Waals surface area contributed by atoms with E-state index in [1.807, 2.05) is 0 Å². The molecule has 5 aromatic heterocycles. The zero-order valence-electron chi connectivity index (χ0n) is 14.2. The van der Waals surface area contributed by atoms with Crippen LogP contribution in [0.25, 0.3) is 37.6 Å². The number of hydrogen-bond acceptors (Lipinski definition) is 8. The first-order valence-electron chi connectivity index (χ1n) is 7.94. The topological polar surface area (TPSA) is 128 Å². The van der Waals surface area contributed by atoms with E-state index in [2.05, 4.69) is 30.2 Å². The third kappa shape index (κ3) is 2.52. The number of aryl methyl sites for hydroxylation is 1. The zero-order valence-corrected chi connectivity index (χ0v) is 15.0. The second-order valence-corrected chi connectivity index (χ2v) is 7.12. The maximum atomic E-state index is 13.1. The van der Waals surface area contributed by atoms with Crippen molar-refractivity contribution in [3.63, 3.8) is 0 Å². The second-order valence-electron chi connectivity index (χ2n) is 6.12. The molecule has 0 amide bonds. The van der Waals surface area contributed by atoms with Crippen LogP contribution in [-0.2, 0) is 6.18 Å². The first-order chi connectivity index (χ1) is 13.7. The third-order valence-electron chi connectivity index (χ3n) is 4.29. The third-order valence-corrected chi connectivity index (χ3v) is 5.36. The molecular weight excluding hydrogens is 413 g/mol. The van der Waals surface area contributed by atoms with Crippen molar-refractivity contribution in [1.29, 1.82) is 0 Å². The van der Waals surface area contributed by atoms with Gasteiger partial charge in [0.05, 0.1) is 10.4 Å². The van der Waals surface area contributed by atoms with E-state index in [1.54, 1.807) is 6.92 Å². The molecule has 0 saturated heterocycles. The van der Waals surface area contributed by atoms with Crippen LogP contribution in [0.3, 0.4) is 0 Å². The molecule has 10 nitrogen and oxygen atoms in total. The van der Waals surface area contributed by atoms with E-state index in [0.29, 0.717) is 26.8 Å². The van der Waals surface area contributed by atoms with Gasteiger partial charge in [-0.1, -0.05) is 0 Å². The number of rotatable bonds is 2. The number of nitro groups is 1. The molecule has 0 fully saturated rings. The molecular formula is C15H7F3N8O2S. The Bertz CT molecular complexity index is 1450. The molecule has 0 radical (unpaired) electrons. The Morgan fingerprint density at radius 2 is 2.10 bits per heavy atom. The Morgan fingerprint density at radius 1 is 1.31 bits per heavy atom. The van der Waals surface area contributed by atoms with E-state index in [1.165, 1.54) is 10.8 Å². The van der Waals surface area contributed by atoms with Crippen molar-refractivity contribution < 1.29 is 18.1 Å². The summed E-state index contributed by atoms with van der Waals surface area (Å²) in [4.78, 5) is 23.0. The Kier molecular flexibility index (Phi) is 3.40. The lowest BCUT2D eigenvalue weighted by molar-refractivity contribution is -0.384. The SMILES string of the molecule is Cc1cc(C(F)(F)F)nc2sc3c(ncn4nc(-c5[nH]ncc5[N+](=O)[O-])nc34)c12. The molecule has 146 valence electrons. The monoisotopic (exact) mass is 420 g/mol. The van der Waals surface area contributed by atoms with Crippen molar-refractivity contribution in [3.8, 4) is 11.5 Å². The fourth-order valence-corrected chi connectivity index (χ4v) is 4.22. The highest BCUT2D eigenvalue weighted by Crippen LogP contribution is 2.38. The molecule has 5 rings (SSSR count). The Labute approximate surface area is 161 Å². The first kappa shape index (κ1) is 17.4. The van der Waals surface area contributed by atoms with Gasteiger partial charge in [-0.3, -0.25) is 15.2 Å². The van der Waals surface area contributed by atoms with Gasteiger partial charge in [0.2, 0.25) is 5.82 Å². The van der Waals surface area contributed by atoms with Crippen molar-refractivity contribution in [3.05, 3.63) is 40.0 Å². The highest BCUT2D eigenvalue weighted by atomic mass is 32.1. The molecule has 1 N–H and O–H groups in total. The van der Waals surface area contributed by atoms with Gasteiger partial charge in [-0.05, 0) is 18.6 Å². The summed E-state index contributed by atoms with van der Waals surface area (Å²) in [6.45, 7) is 1.56. The summed E-state index contributed by atoms with van der Waals surface area (Å²) in [5, 5.41) is 21.9. The molecule has 0 bridgehead atoms. The average Bonchev–Trinajstić information content (AvgIpc) is 3.35. The minimum atomic E-state index is -4.57. The first-order valence-corrected chi connectivity index (χ1v) is 8.76. The molecule has 29 heavy (non-hydrogen) atoms. The number of H-pyrrole nitrogens is 1. The van der Waals surface area contributed by atoms with E-state index >= 15 is 0 Å². The summed E-state index contributed by atoms with van der Waals surface area (Å²) in [5.74, 6) is 0.0154. The summed E-state index contributed by atoms with van der Waals surface area (Å²) >= 11 is 1.00. The second kappa shape index (κ2) is 5.66. The number of alkyl halides is 3.